The summed E-state index contributed by atoms with van der Waals surface area (Å²) in [5.74, 6) is -1.88. The molecule has 0 aliphatic heterocycles. The number of amides is 1. The predicted molar refractivity (Wildman–Crippen MR) is 86.6 cm³/mol. The number of allylic oxidation sites excluding steroid dienone is 1. The maximum atomic E-state index is 13.3. The van der Waals surface area contributed by atoms with Crippen LogP contribution in [0.4, 0.5) is 27.6 Å². The van der Waals surface area contributed by atoms with Crippen molar-refractivity contribution >= 4 is 11.6 Å². The third-order valence-corrected chi connectivity index (χ3v) is 5.17. The van der Waals surface area contributed by atoms with Crippen LogP contribution in [0.1, 0.15) is 51.9 Å². The van der Waals surface area contributed by atoms with E-state index in [-0.39, 0.29) is 11.3 Å². The summed E-state index contributed by atoms with van der Waals surface area (Å²) in [5, 5.41) is 5.78. The zero-order chi connectivity index (χ0) is 19.5. The fourth-order valence-corrected chi connectivity index (χ4v) is 4.21. The highest BCUT2D eigenvalue weighted by Gasteiger charge is 2.45. The van der Waals surface area contributed by atoms with Crippen LogP contribution >= 0.6 is 0 Å². The molecule has 2 bridgehead atoms. The van der Waals surface area contributed by atoms with Gasteiger partial charge in [0, 0.05) is 36.3 Å². The van der Waals surface area contributed by atoms with Crippen LogP contribution in [0.25, 0.3) is 0 Å². The number of aryl methyl sites for hydroxylation is 1. The maximum absolute atomic E-state index is 13.3. The smallest absolute Gasteiger partial charge is 0.322 e. The molecule has 1 aromatic heterocycles. The second-order valence-electron chi connectivity index (χ2n) is 6.72. The van der Waals surface area contributed by atoms with E-state index in [0.717, 1.165) is 10.9 Å². The highest BCUT2D eigenvalue weighted by molar-refractivity contribution is 6.05. The van der Waals surface area contributed by atoms with Crippen LogP contribution in [0.2, 0.25) is 0 Å². The van der Waals surface area contributed by atoms with Gasteiger partial charge in [-0.1, -0.05) is 12.1 Å². The molecule has 1 heterocycles. The van der Waals surface area contributed by atoms with Gasteiger partial charge in [-0.25, -0.2) is 0 Å². The molecule has 9 heteroatoms. The van der Waals surface area contributed by atoms with Gasteiger partial charge in [0.15, 0.2) is 5.69 Å². The Morgan fingerprint density at radius 3 is 2.59 bits per heavy atom. The first-order valence-electron chi connectivity index (χ1n) is 8.28. The fourth-order valence-electron chi connectivity index (χ4n) is 4.21. The molecule has 1 fully saturated rings. The average Bonchev–Trinajstić information content (AvgIpc) is 3.25. The predicted octanol–water partition coefficient (Wildman–Crippen LogP) is 4.82. The molecule has 142 valence electrons. The highest BCUT2D eigenvalue weighted by Crippen LogP contribution is 2.60. The molecule has 2 aliphatic carbocycles. The standard InChI is InChI=1S/C18H14F5N3O/c1-26-7-11(15(25-26)18(21,22)23)17(27)24-12-4-2-3-8-9-5-6-10(13(8)12)14(9)16(19)20/h2-4,7,9-10H,5-6H2,1H3,(H,24,27). The molecule has 2 aliphatic rings. The van der Waals surface area contributed by atoms with Gasteiger partial charge in [0.1, 0.15) is 0 Å². The summed E-state index contributed by atoms with van der Waals surface area (Å²) in [4.78, 5) is 12.5. The number of hydrogen-bond acceptors (Lipinski definition) is 2. The summed E-state index contributed by atoms with van der Waals surface area (Å²) in [5.41, 5.74) is -0.300. The fraction of sp³-hybridized carbons (Fsp3) is 0.333. The van der Waals surface area contributed by atoms with Crippen molar-refractivity contribution in [1.82, 2.24) is 9.78 Å². The molecule has 0 saturated heterocycles. The molecule has 0 spiro atoms. The second-order valence-corrected chi connectivity index (χ2v) is 6.72. The molecular formula is C18H14F5N3O. The molecule has 0 radical (unpaired) electrons. The number of rotatable bonds is 2. The Morgan fingerprint density at radius 1 is 1.22 bits per heavy atom. The summed E-state index contributed by atoms with van der Waals surface area (Å²) >= 11 is 0. The number of fused-ring (bicyclic) bond motifs is 5. The lowest BCUT2D eigenvalue weighted by Gasteiger charge is -2.18. The van der Waals surface area contributed by atoms with Crippen molar-refractivity contribution in [3.63, 3.8) is 0 Å². The molecule has 4 rings (SSSR count). The minimum Gasteiger partial charge on any atom is -0.322 e. The number of nitrogens with zero attached hydrogens (tertiary/aromatic N) is 2. The largest absolute Gasteiger partial charge is 0.435 e. The SMILES string of the molecule is Cn1cc(C(=O)Nc2cccc3c2C2CCC3C2=C(F)F)c(C(F)(F)F)n1. The number of alkyl halides is 3. The van der Waals surface area contributed by atoms with E-state index in [1.54, 1.807) is 12.1 Å². The van der Waals surface area contributed by atoms with Gasteiger partial charge in [0.05, 0.1) is 5.56 Å². The third-order valence-electron chi connectivity index (χ3n) is 5.17. The Hall–Kier alpha value is -2.71. The van der Waals surface area contributed by atoms with Crippen molar-refractivity contribution in [1.29, 1.82) is 0 Å². The summed E-state index contributed by atoms with van der Waals surface area (Å²) < 4.78 is 66.9. The van der Waals surface area contributed by atoms with Crippen molar-refractivity contribution < 1.29 is 26.7 Å². The van der Waals surface area contributed by atoms with Crippen molar-refractivity contribution in [2.75, 3.05) is 5.32 Å². The Balaban J connectivity index is 1.72. The molecule has 1 saturated carbocycles. The van der Waals surface area contributed by atoms with Crippen LogP contribution in [0.15, 0.2) is 36.0 Å². The molecule has 1 N–H and O–H groups in total. The van der Waals surface area contributed by atoms with Crippen molar-refractivity contribution in [3.8, 4) is 0 Å². The van der Waals surface area contributed by atoms with Gasteiger partial charge >= 0.3 is 6.18 Å². The van der Waals surface area contributed by atoms with Crippen molar-refractivity contribution in [2.24, 2.45) is 7.05 Å². The third kappa shape index (κ3) is 2.72. The number of anilines is 1. The van der Waals surface area contributed by atoms with Crippen LogP contribution in [-0.4, -0.2) is 15.7 Å². The lowest BCUT2D eigenvalue weighted by molar-refractivity contribution is -0.141. The number of carbonyl (C=O) groups is 1. The van der Waals surface area contributed by atoms with Crippen LogP contribution in [0, 0.1) is 0 Å². The number of benzene rings is 1. The van der Waals surface area contributed by atoms with Gasteiger partial charge < -0.3 is 5.32 Å². The highest BCUT2D eigenvalue weighted by atomic mass is 19.4. The number of nitrogens with one attached hydrogen (secondary N) is 1. The van der Waals surface area contributed by atoms with Gasteiger partial charge in [-0.3, -0.25) is 9.48 Å². The summed E-state index contributed by atoms with van der Waals surface area (Å²) in [6.45, 7) is 0. The molecule has 1 amide bonds. The number of carbonyl (C=O) groups excluding carboxylic acids is 1. The van der Waals surface area contributed by atoms with Crippen molar-refractivity contribution in [2.45, 2.75) is 30.9 Å². The Morgan fingerprint density at radius 2 is 1.93 bits per heavy atom. The molecular weight excluding hydrogens is 369 g/mol. The Labute approximate surface area is 150 Å². The minimum absolute atomic E-state index is 0.0593. The number of aromatic nitrogens is 2. The van der Waals surface area contributed by atoms with Crippen LogP contribution in [0.5, 0.6) is 0 Å². The molecule has 2 atom stereocenters. The molecule has 27 heavy (non-hydrogen) atoms. The van der Waals surface area contributed by atoms with E-state index in [4.69, 9.17) is 0 Å². The Kier molecular flexibility index (Phi) is 3.87. The maximum Gasteiger partial charge on any atom is 0.435 e. The zero-order valence-electron chi connectivity index (χ0n) is 14.1. The minimum atomic E-state index is -4.78. The van der Waals surface area contributed by atoms with E-state index in [1.165, 1.54) is 13.1 Å². The van der Waals surface area contributed by atoms with E-state index < -0.39 is 41.3 Å². The monoisotopic (exact) mass is 383 g/mol. The van der Waals surface area contributed by atoms with E-state index >= 15 is 0 Å². The summed E-state index contributed by atoms with van der Waals surface area (Å²) in [6, 6.07) is 4.86. The van der Waals surface area contributed by atoms with E-state index in [9.17, 15) is 26.7 Å². The molecule has 4 nitrogen and oxygen atoms in total. The second kappa shape index (κ2) is 5.90. The van der Waals surface area contributed by atoms with Gasteiger partial charge in [0.2, 0.25) is 0 Å². The first-order chi connectivity index (χ1) is 12.7. The van der Waals surface area contributed by atoms with E-state index in [1.807, 2.05) is 0 Å². The van der Waals surface area contributed by atoms with Gasteiger partial charge in [-0.15, -0.1) is 0 Å². The van der Waals surface area contributed by atoms with Crippen LogP contribution in [-0.2, 0) is 13.2 Å². The number of halogens is 5. The van der Waals surface area contributed by atoms with Gasteiger partial charge in [-0.2, -0.15) is 27.1 Å². The lowest BCUT2D eigenvalue weighted by Crippen LogP contribution is -2.19. The normalized spacial score (nSPS) is 20.7. The Bertz CT molecular complexity index is 972. The average molecular weight is 383 g/mol. The molecule has 2 unspecified atom stereocenters. The topological polar surface area (TPSA) is 46.9 Å². The first-order valence-corrected chi connectivity index (χ1v) is 8.28. The van der Waals surface area contributed by atoms with Crippen LogP contribution < -0.4 is 5.32 Å². The summed E-state index contributed by atoms with van der Waals surface area (Å²) in [7, 11) is 1.28. The number of hydrogen-bond donors (Lipinski definition) is 1. The van der Waals surface area contributed by atoms with E-state index in [2.05, 4.69) is 10.4 Å². The quantitative estimate of drug-likeness (QED) is 0.756. The molecule has 1 aromatic carbocycles. The van der Waals surface area contributed by atoms with Crippen LogP contribution in [0.3, 0.4) is 0 Å². The first kappa shape index (κ1) is 17.7. The van der Waals surface area contributed by atoms with E-state index in [0.29, 0.717) is 24.0 Å². The zero-order valence-corrected chi connectivity index (χ0v) is 14.1. The molecule has 2 aromatic rings. The van der Waals surface area contributed by atoms with Gasteiger partial charge in [0.25, 0.3) is 12.0 Å². The summed E-state index contributed by atoms with van der Waals surface area (Å²) in [6.07, 6.45) is -4.39. The van der Waals surface area contributed by atoms with Crippen molar-refractivity contribution in [3.05, 3.63) is 58.4 Å². The lowest BCUT2D eigenvalue weighted by atomic mass is 9.90. The van der Waals surface area contributed by atoms with Gasteiger partial charge in [-0.05, 0) is 30.0 Å².